The lowest BCUT2D eigenvalue weighted by molar-refractivity contribution is -0.119. The number of nitrogens with one attached hydrogen (secondary N) is 1. The summed E-state index contributed by atoms with van der Waals surface area (Å²) in [5.41, 5.74) is 1.25. The second-order valence-corrected chi connectivity index (χ2v) is 3.74. The molecule has 0 unspecified atom stereocenters. The normalized spacial score (nSPS) is 9.06. The maximum absolute atomic E-state index is 11.6. The molecule has 1 aromatic rings. The van der Waals surface area contributed by atoms with E-state index in [9.17, 15) is 4.79 Å². The molecule has 5 heteroatoms. The lowest BCUT2D eigenvalue weighted by Gasteiger charge is -2.19. The molecule has 0 aliphatic carbocycles. The fraction of sp³-hybridized carbons (Fsp3) is 0.308. The van der Waals surface area contributed by atoms with Gasteiger partial charge in [-0.05, 0) is 12.1 Å². The summed E-state index contributed by atoms with van der Waals surface area (Å²) in [6, 6.07) is 11.1. The maximum atomic E-state index is 11.6. The zero-order valence-electron chi connectivity index (χ0n) is 10.2. The average Bonchev–Trinajstić information content (AvgIpc) is 2.39. The largest absolute Gasteiger partial charge is 0.364 e. The minimum absolute atomic E-state index is 0.157. The van der Waals surface area contributed by atoms with Gasteiger partial charge in [0, 0.05) is 13.6 Å². The lowest BCUT2D eigenvalue weighted by Crippen LogP contribution is -2.35. The molecule has 0 aromatic heterocycles. The van der Waals surface area contributed by atoms with Crippen molar-refractivity contribution < 1.29 is 4.79 Å². The van der Waals surface area contributed by atoms with E-state index in [1.807, 2.05) is 12.1 Å². The van der Waals surface area contributed by atoms with Gasteiger partial charge >= 0.3 is 0 Å². The van der Waals surface area contributed by atoms with Crippen LogP contribution >= 0.6 is 0 Å². The Morgan fingerprint density at radius 2 is 2.11 bits per heavy atom. The van der Waals surface area contributed by atoms with Crippen LogP contribution in [0.2, 0.25) is 0 Å². The van der Waals surface area contributed by atoms with Crippen LogP contribution in [-0.2, 0) is 4.79 Å². The number of benzene rings is 1. The highest BCUT2D eigenvalue weighted by Gasteiger charge is 2.10. The van der Waals surface area contributed by atoms with Crippen LogP contribution in [0.4, 0.5) is 5.69 Å². The molecule has 0 spiro atoms. The third kappa shape index (κ3) is 3.80. The molecule has 92 valence electrons. The Bertz CT molecular complexity index is 498. The van der Waals surface area contributed by atoms with E-state index in [0.717, 1.165) is 5.69 Å². The smallest absolute Gasteiger partial charge is 0.239 e. The monoisotopic (exact) mass is 242 g/mol. The average molecular weight is 242 g/mol. The van der Waals surface area contributed by atoms with Crippen LogP contribution in [0.15, 0.2) is 24.3 Å². The number of anilines is 1. The van der Waals surface area contributed by atoms with Crippen LogP contribution in [0.3, 0.4) is 0 Å². The van der Waals surface area contributed by atoms with Crippen LogP contribution in [0.1, 0.15) is 12.0 Å². The van der Waals surface area contributed by atoms with Crippen LogP contribution in [0.5, 0.6) is 0 Å². The lowest BCUT2D eigenvalue weighted by atomic mass is 10.2. The number of carbonyl (C=O) groups is 1. The second-order valence-electron chi connectivity index (χ2n) is 3.74. The number of rotatable bonds is 5. The quantitative estimate of drug-likeness (QED) is 0.782. The molecule has 1 amide bonds. The SMILES string of the molecule is CN(CC(=O)NCCC#N)c1ccccc1C#N. The van der Waals surface area contributed by atoms with Gasteiger partial charge in [0.2, 0.25) is 5.91 Å². The van der Waals surface area contributed by atoms with E-state index >= 15 is 0 Å². The zero-order valence-corrected chi connectivity index (χ0v) is 10.2. The first-order valence-corrected chi connectivity index (χ1v) is 5.53. The number of carbonyl (C=O) groups excluding carboxylic acids is 1. The minimum atomic E-state index is -0.166. The van der Waals surface area contributed by atoms with Crippen LogP contribution in [0.25, 0.3) is 0 Å². The first kappa shape index (κ1) is 13.5. The van der Waals surface area contributed by atoms with E-state index in [2.05, 4.69) is 11.4 Å². The number of nitriles is 2. The molecule has 0 aliphatic heterocycles. The molecule has 5 nitrogen and oxygen atoms in total. The van der Waals surface area contributed by atoms with Crippen LogP contribution < -0.4 is 10.2 Å². The highest BCUT2D eigenvalue weighted by Crippen LogP contribution is 2.17. The standard InChI is InChI=1S/C13H14N4O/c1-17(10-13(18)16-8-4-7-14)12-6-3-2-5-11(12)9-15/h2-3,5-6H,4,8,10H2,1H3,(H,16,18). The highest BCUT2D eigenvalue weighted by molar-refractivity contribution is 5.81. The van der Waals surface area contributed by atoms with Gasteiger partial charge in [-0.3, -0.25) is 4.79 Å². The zero-order chi connectivity index (χ0) is 13.4. The molecule has 0 saturated carbocycles. The van der Waals surface area contributed by atoms with Gasteiger partial charge < -0.3 is 10.2 Å². The Kier molecular flexibility index (Phi) is 5.21. The summed E-state index contributed by atoms with van der Waals surface area (Å²) < 4.78 is 0. The first-order chi connectivity index (χ1) is 8.69. The molecule has 0 fully saturated rings. The summed E-state index contributed by atoms with van der Waals surface area (Å²) >= 11 is 0. The third-order valence-corrected chi connectivity index (χ3v) is 2.38. The summed E-state index contributed by atoms with van der Waals surface area (Å²) in [4.78, 5) is 13.3. The van der Waals surface area contributed by atoms with E-state index in [1.54, 1.807) is 30.1 Å². The Hall–Kier alpha value is -2.53. The summed E-state index contributed by atoms with van der Waals surface area (Å²) in [5, 5.41) is 20.0. The van der Waals surface area contributed by atoms with Gasteiger partial charge in [0.25, 0.3) is 0 Å². The van der Waals surface area contributed by atoms with E-state index in [-0.39, 0.29) is 12.5 Å². The molecule has 1 aromatic carbocycles. The predicted octanol–water partition coefficient (Wildman–Crippen LogP) is 1.02. The van der Waals surface area contributed by atoms with E-state index in [0.29, 0.717) is 18.5 Å². The van der Waals surface area contributed by atoms with E-state index in [1.165, 1.54) is 0 Å². The van der Waals surface area contributed by atoms with Crippen molar-refractivity contribution in [1.29, 1.82) is 10.5 Å². The van der Waals surface area contributed by atoms with Gasteiger partial charge in [-0.2, -0.15) is 10.5 Å². The number of nitrogens with zero attached hydrogens (tertiary/aromatic N) is 3. The topological polar surface area (TPSA) is 79.9 Å². The number of likely N-dealkylation sites (N-methyl/N-ethyl adjacent to an activating group) is 1. The van der Waals surface area contributed by atoms with Gasteiger partial charge in [0.05, 0.1) is 30.3 Å². The van der Waals surface area contributed by atoms with Crippen LogP contribution in [-0.4, -0.2) is 26.0 Å². The molecule has 0 bridgehead atoms. The van der Waals surface area contributed by atoms with Crippen molar-refractivity contribution in [1.82, 2.24) is 5.32 Å². The van der Waals surface area contributed by atoms with Crippen molar-refractivity contribution in [2.24, 2.45) is 0 Å². The Morgan fingerprint density at radius 1 is 1.39 bits per heavy atom. The number of hydrogen-bond donors (Lipinski definition) is 1. The molecule has 0 atom stereocenters. The minimum Gasteiger partial charge on any atom is -0.364 e. The van der Waals surface area contributed by atoms with Gasteiger partial charge in [-0.25, -0.2) is 0 Å². The van der Waals surface area contributed by atoms with Crippen molar-refractivity contribution >= 4 is 11.6 Å². The predicted molar refractivity (Wildman–Crippen MR) is 67.7 cm³/mol. The van der Waals surface area contributed by atoms with Crippen molar-refractivity contribution in [3.05, 3.63) is 29.8 Å². The Morgan fingerprint density at radius 3 is 2.78 bits per heavy atom. The second kappa shape index (κ2) is 6.93. The molecule has 0 saturated heterocycles. The summed E-state index contributed by atoms with van der Waals surface area (Å²) in [6.07, 6.45) is 0.296. The van der Waals surface area contributed by atoms with Gasteiger partial charge in [0.1, 0.15) is 6.07 Å². The van der Waals surface area contributed by atoms with Crippen molar-refractivity contribution in [2.45, 2.75) is 6.42 Å². The van der Waals surface area contributed by atoms with Gasteiger partial charge in [-0.15, -0.1) is 0 Å². The third-order valence-electron chi connectivity index (χ3n) is 2.38. The van der Waals surface area contributed by atoms with Gasteiger partial charge in [-0.1, -0.05) is 12.1 Å². The molecule has 0 heterocycles. The molecule has 0 aliphatic rings. The number of para-hydroxylation sites is 1. The first-order valence-electron chi connectivity index (χ1n) is 5.53. The van der Waals surface area contributed by atoms with Crippen molar-refractivity contribution in [2.75, 3.05) is 25.0 Å². The molecule has 1 rings (SSSR count). The fourth-order valence-electron chi connectivity index (χ4n) is 1.52. The Balaban J connectivity index is 2.60. The molecular weight excluding hydrogens is 228 g/mol. The summed E-state index contributed by atoms with van der Waals surface area (Å²) in [7, 11) is 1.75. The van der Waals surface area contributed by atoms with E-state index in [4.69, 9.17) is 10.5 Å². The van der Waals surface area contributed by atoms with Crippen LogP contribution in [0, 0.1) is 22.7 Å². The summed E-state index contributed by atoms with van der Waals surface area (Å²) in [5.74, 6) is -0.166. The molecular formula is C13H14N4O. The highest BCUT2D eigenvalue weighted by atomic mass is 16.2. The number of hydrogen-bond acceptors (Lipinski definition) is 4. The van der Waals surface area contributed by atoms with Gasteiger partial charge in [0.15, 0.2) is 0 Å². The van der Waals surface area contributed by atoms with E-state index < -0.39 is 0 Å². The molecule has 0 radical (unpaired) electrons. The number of amides is 1. The fourth-order valence-corrected chi connectivity index (χ4v) is 1.52. The van der Waals surface area contributed by atoms with Crippen molar-refractivity contribution in [3.63, 3.8) is 0 Å². The Labute approximate surface area is 106 Å². The molecule has 1 N–H and O–H groups in total. The maximum Gasteiger partial charge on any atom is 0.239 e. The summed E-state index contributed by atoms with van der Waals surface area (Å²) in [6.45, 7) is 0.507. The van der Waals surface area contributed by atoms with Crippen molar-refractivity contribution in [3.8, 4) is 12.1 Å². The molecule has 18 heavy (non-hydrogen) atoms.